The van der Waals surface area contributed by atoms with Gasteiger partial charge in [-0.05, 0) is 44.2 Å². The molecule has 0 radical (unpaired) electrons. The fraction of sp³-hybridized carbons (Fsp3) is 0.250. The van der Waals surface area contributed by atoms with Crippen LogP contribution in [0.4, 0.5) is 5.69 Å². The second-order valence-corrected chi connectivity index (χ2v) is 4.58. The van der Waals surface area contributed by atoms with Crippen LogP contribution in [0.3, 0.4) is 0 Å². The Balaban J connectivity index is 2.17. The van der Waals surface area contributed by atoms with Crippen LogP contribution in [0.15, 0.2) is 36.4 Å². The quantitative estimate of drug-likeness (QED) is 0.885. The molecule has 0 saturated heterocycles. The van der Waals surface area contributed by atoms with Crippen molar-refractivity contribution in [2.75, 3.05) is 11.9 Å². The van der Waals surface area contributed by atoms with Crippen molar-refractivity contribution in [1.82, 2.24) is 4.98 Å². The highest BCUT2D eigenvalue weighted by molar-refractivity contribution is 6.02. The average Bonchev–Trinajstić information content (AvgIpc) is 2.49. The molecule has 5 nitrogen and oxygen atoms in total. The Hall–Kier alpha value is -2.40. The van der Waals surface area contributed by atoms with E-state index in [0.717, 1.165) is 17.0 Å². The summed E-state index contributed by atoms with van der Waals surface area (Å²) in [7, 11) is 0. The summed E-state index contributed by atoms with van der Waals surface area (Å²) in [6.07, 6.45) is 0. The molecule has 2 rings (SSSR count). The van der Waals surface area contributed by atoms with Crippen LogP contribution in [0.1, 0.15) is 28.7 Å². The van der Waals surface area contributed by atoms with Crippen LogP contribution >= 0.6 is 0 Å². The Kier molecular flexibility index (Phi) is 4.90. The Morgan fingerprint density at radius 2 is 2.14 bits per heavy atom. The Bertz CT molecular complexity index is 641. The zero-order valence-electron chi connectivity index (χ0n) is 12.2. The molecule has 0 spiro atoms. The molecule has 0 fully saturated rings. The first-order chi connectivity index (χ1) is 10.1. The van der Waals surface area contributed by atoms with Crippen molar-refractivity contribution in [3.05, 3.63) is 53.3 Å². The molecule has 0 atom stereocenters. The zero-order chi connectivity index (χ0) is 15.2. The van der Waals surface area contributed by atoms with E-state index in [1.165, 1.54) is 0 Å². The molecule has 0 bridgehead atoms. The fourth-order valence-corrected chi connectivity index (χ4v) is 1.98. The van der Waals surface area contributed by atoms with E-state index in [-0.39, 0.29) is 5.91 Å². The first kappa shape index (κ1) is 15.0. The molecule has 0 aliphatic rings. The lowest BCUT2D eigenvalue weighted by atomic mass is 10.1. The van der Waals surface area contributed by atoms with Crippen molar-refractivity contribution < 1.29 is 9.53 Å². The number of carbonyl (C=O) groups is 1. The number of rotatable bonds is 5. The van der Waals surface area contributed by atoms with Gasteiger partial charge in [-0.3, -0.25) is 4.79 Å². The van der Waals surface area contributed by atoms with Gasteiger partial charge in [0.15, 0.2) is 0 Å². The minimum atomic E-state index is -0.245. The summed E-state index contributed by atoms with van der Waals surface area (Å²) >= 11 is 0. The second-order valence-electron chi connectivity index (χ2n) is 4.58. The van der Waals surface area contributed by atoms with Gasteiger partial charge in [0.25, 0.3) is 5.91 Å². The van der Waals surface area contributed by atoms with E-state index in [0.29, 0.717) is 24.5 Å². The molecule has 21 heavy (non-hydrogen) atoms. The highest BCUT2D eigenvalue weighted by Gasteiger charge is 2.09. The molecule has 1 aromatic heterocycles. The number of anilines is 1. The summed E-state index contributed by atoms with van der Waals surface area (Å²) in [5.74, 6) is 0.498. The Morgan fingerprint density at radius 3 is 2.81 bits per heavy atom. The van der Waals surface area contributed by atoms with Crippen LogP contribution in [0.2, 0.25) is 0 Å². The number of benzene rings is 1. The van der Waals surface area contributed by atoms with Crippen molar-refractivity contribution in [3.63, 3.8) is 0 Å². The van der Waals surface area contributed by atoms with Crippen LogP contribution in [-0.2, 0) is 6.54 Å². The lowest BCUT2D eigenvalue weighted by Gasteiger charge is -2.11. The Labute approximate surface area is 124 Å². The number of pyridine rings is 1. The SMILES string of the molecule is CCOc1ccc(NC(=O)c2cccc(C)n2)cc1CN. The highest BCUT2D eigenvalue weighted by atomic mass is 16.5. The molecule has 0 aliphatic heterocycles. The standard InChI is InChI=1S/C16H19N3O2/c1-3-21-15-8-7-13(9-12(15)10-17)19-16(20)14-6-4-5-11(2)18-14/h4-9H,3,10,17H2,1-2H3,(H,19,20). The fourth-order valence-electron chi connectivity index (χ4n) is 1.98. The van der Waals surface area contributed by atoms with Crippen LogP contribution < -0.4 is 15.8 Å². The number of aryl methyl sites for hydroxylation is 1. The molecule has 2 aromatic rings. The summed E-state index contributed by atoms with van der Waals surface area (Å²) in [4.78, 5) is 16.3. The molecule has 5 heteroatoms. The van der Waals surface area contributed by atoms with Gasteiger partial charge in [0.2, 0.25) is 0 Å². The molecule has 0 unspecified atom stereocenters. The molecule has 0 saturated carbocycles. The van der Waals surface area contributed by atoms with Gasteiger partial charge in [-0.1, -0.05) is 6.07 Å². The first-order valence-corrected chi connectivity index (χ1v) is 6.85. The van der Waals surface area contributed by atoms with Crippen molar-refractivity contribution >= 4 is 11.6 Å². The summed E-state index contributed by atoms with van der Waals surface area (Å²) in [6.45, 7) is 4.69. The number of hydrogen-bond acceptors (Lipinski definition) is 4. The van der Waals surface area contributed by atoms with E-state index in [9.17, 15) is 4.79 Å². The number of nitrogens with one attached hydrogen (secondary N) is 1. The van der Waals surface area contributed by atoms with E-state index < -0.39 is 0 Å². The average molecular weight is 285 g/mol. The van der Waals surface area contributed by atoms with E-state index in [2.05, 4.69) is 10.3 Å². The Morgan fingerprint density at radius 1 is 1.33 bits per heavy atom. The number of nitrogens with two attached hydrogens (primary N) is 1. The van der Waals surface area contributed by atoms with Crippen molar-refractivity contribution in [3.8, 4) is 5.75 Å². The zero-order valence-corrected chi connectivity index (χ0v) is 12.2. The molecule has 1 amide bonds. The number of nitrogens with zero attached hydrogens (tertiary/aromatic N) is 1. The summed E-state index contributed by atoms with van der Waals surface area (Å²) < 4.78 is 5.48. The van der Waals surface area contributed by atoms with Gasteiger partial charge in [0.05, 0.1) is 6.61 Å². The van der Waals surface area contributed by atoms with Crippen molar-refractivity contribution in [2.45, 2.75) is 20.4 Å². The number of ether oxygens (including phenoxy) is 1. The second kappa shape index (κ2) is 6.85. The van der Waals surface area contributed by atoms with E-state index in [1.807, 2.05) is 32.0 Å². The summed E-state index contributed by atoms with van der Waals surface area (Å²) in [6, 6.07) is 10.8. The molecule has 0 aliphatic carbocycles. The van der Waals surface area contributed by atoms with Crippen LogP contribution in [0.5, 0.6) is 5.75 Å². The normalized spacial score (nSPS) is 10.2. The van der Waals surface area contributed by atoms with E-state index >= 15 is 0 Å². The first-order valence-electron chi connectivity index (χ1n) is 6.85. The van der Waals surface area contributed by atoms with Crippen LogP contribution in [0.25, 0.3) is 0 Å². The van der Waals surface area contributed by atoms with Crippen LogP contribution in [-0.4, -0.2) is 17.5 Å². The van der Waals surface area contributed by atoms with Gasteiger partial charge in [-0.2, -0.15) is 0 Å². The lowest BCUT2D eigenvalue weighted by molar-refractivity contribution is 0.102. The number of carbonyl (C=O) groups excluding carboxylic acids is 1. The predicted molar refractivity (Wildman–Crippen MR) is 82.4 cm³/mol. The van der Waals surface area contributed by atoms with E-state index in [1.54, 1.807) is 18.2 Å². The number of aromatic nitrogens is 1. The highest BCUT2D eigenvalue weighted by Crippen LogP contribution is 2.22. The third-order valence-corrected chi connectivity index (χ3v) is 2.96. The van der Waals surface area contributed by atoms with Gasteiger partial charge in [0, 0.05) is 23.5 Å². The van der Waals surface area contributed by atoms with Gasteiger partial charge in [-0.25, -0.2) is 4.98 Å². The maximum atomic E-state index is 12.1. The minimum absolute atomic E-state index is 0.245. The van der Waals surface area contributed by atoms with Crippen molar-refractivity contribution in [1.29, 1.82) is 0 Å². The summed E-state index contributed by atoms with van der Waals surface area (Å²) in [5, 5.41) is 2.82. The maximum absolute atomic E-state index is 12.1. The van der Waals surface area contributed by atoms with E-state index in [4.69, 9.17) is 10.5 Å². The molecular weight excluding hydrogens is 266 g/mol. The molecule has 110 valence electrons. The van der Waals surface area contributed by atoms with Gasteiger partial charge >= 0.3 is 0 Å². The monoisotopic (exact) mass is 285 g/mol. The number of amides is 1. The summed E-state index contributed by atoms with van der Waals surface area (Å²) in [5.41, 5.74) is 8.42. The van der Waals surface area contributed by atoms with Gasteiger partial charge < -0.3 is 15.8 Å². The smallest absolute Gasteiger partial charge is 0.274 e. The van der Waals surface area contributed by atoms with Gasteiger partial charge in [0.1, 0.15) is 11.4 Å². The molecule has 1 aromatic carbocycles. The predicted octanol–water partition coefficient (Wildman–Crippen LogP) is 2.50. The van der Waals surface area contributed by atoms with Crippen LogP contribution in [0, 0.1) is 6.92 Å². The van der Waals surface area contributed by atoms with Gasteiger partial charge in [-0.15, -0.1) is 0 Å². The third kappa shape index (κ3) is 3.79. The van der Waals surface area contributed by atoms with Crippen molar-refractivity contribution in [2.24, 2.45) is 5.73 Å². The lowest BCUT2D eigenvalue weighted by Crippen LogP contribution is -2.14. The topological polar surface area (TPSA) is 77.2 Å². The molecular formula is C16H19N3O2. The minimum Gasteiger partial charge on any atom is -0.494 e. The number of hydrogen-bond donors (Lipinski definition) is 2. The molecule has 1 heterocycles. The largest absolute Gasteiger partial charge is 0.494 e. The maximum Gasteiger partial charge on any atom is 0.274 e. The third-order valence-electron chi connectivity index (χ3n) is 2.96. The molecule has 3 N–H and O–H groups in total.